The summed E-state index contributed by atoms with van der Waals surface area (Å²) in [6, 6.07) is 76.7. The van der Waals surface area contributed by atoms with Crippen molar-refractivity contribution >= 4 is 98.0 Å². The van der Waals surface area contributed by atoms with E-state index in [4.69, 9.17) is 9.97 Å². The summed E-state index contributed by atoms with van der Waals surface area (Å²) in [6.45, 7) is 0. The summed E-state index contributed by atoms with van der Waals surface area (Å²) in [5, 5.41) is 12.0. The SMILES string of the molecule is c1ccc(-n2c3ccccc3c3cc(-c4nc5ccccc5nc4-n4c5cc(-n6c7ccccc7c7cc8ccccc8cc76)ccc5c5cc6ccccc6cc54)ccc32)cc1. The fourth-order valence-corrected chi connectivity index (χ4v) is 10.3. The molecule has 5 heteroatoms. The van der Waals surface area contributed by atoms with Crippen molar-refractivity contribution in [1.29, 1.82) is 0 Å². The van der Waals surface area contributed by atoms with Crippen LogP contribution in [0.4, 0.5) is 0 Å². The Morgan fingerprint density at radius 3 is 1.41 bits per heavy atom. The Hall–Kier alpha value is -8.54. The van der Waals surface area contributed by atoms with E-state index in [1.54, 1.807) is 0 Å². The Bertz CT molecular complexity index is 4210. The number of rotatable bonds is 4. The predicted octanol–water partition coefficient (Wildman–Crippen LogP) is 14.9. The highest BCUT2D eigenvalue weighted by Crippen LogP contribution is 2.42. The van der Waals surface area contributed by atoms with Crippen molar-refractivity contribution in [3.05, 3.63) is 212 Å². The molecule has 0 saturated heterocycles. The lowest BCUT2D eigenvalue weighted by Gasteiger charge is -2.15. The van der Waals surface area contributed by atoms with Crippen LogP contribution >= 0.6 is 0 Å². The van der Waals surface area contributed by atoms with Crippen LogP contribution in [0.5, 0.6) is 0 Å². The quantitative estimate of drug-likeness (QED) is 0.178. The molecule has 0 aliphatic rings. The first kappa shape index (κ1) is 34.2. The van der Waals surface area contributed by atoms with E-state index < -0.39 is 0 Å². The van der Waals surface area contributed by atoms with Gasteiger partial charge in [-0.1, -0.05) is 127 Å². The normalized spacial score (nSPS) is 12.1. The molecule has 5 nitrogen and oxygen atoms in total. The van der Waals surface area contributed by atoms with E-state index in [0.717, 1.165) is 61.4 Å². The van der Waals surface area contributed by atoms with Crippen LogP contribution in [0.15, 0.2) is 212 Å². The number of hydrogen-bond donors (Lipinski definition) is 0. The maximum Gasteiger partial charge on any atom is 0.165 e. The van der Waals surface area contributed by atoms with E-state index in [9.17, 15) is 0 Å². The average molecular weight is 802 g/mol. The second-order valence-corrected chi connectivity index (χ2v) is 16.6. The topological polar surface area (TPSA) is 40.6 Å². The number of nitrogens with zero attached hydrogens (tertiary/aromatic N) is 5. The van der Waals surface area contributed by atoms with E-state index in [1.807, 2.05) is 6.07 Å². The molecule has 63 heavy (non-hydrogen) atoms. The van der Waals surface area contributed by atoms with Gasteiger partial charge in [0.05, 0.1) is 44.1 Å². The number of hydrogen-bond acceptors (Lipinski definition) is 2. The van der Waals surface area contributed by atoms with E-state index in [0.29, 0.717) is 0 Å². The van der Waals surface area contributed by atoms with Crippen LogP contribution in [0.1, 0.15) is 0 Å². The third-order valence-corrected chi connectivity index (χ3v) is 13.1. The predicted molar refractivity (Wildman–Crippen MR) is 263 cm³/mol. The number of fused-ring (bicyclic) bond motifs is 12. The highest BCUT2D eigenvalue weighted by atomic mass is 15.1. The van der Waals surface area contributed by atoms with Gasteiger partial charge in [0.2, 0.25) is 0 Å². The standard InChI is InChI=1S/C58H35N5/c1-2-18-41(19-3-1)61-51-24-12-8-20-43(51)46-32-40(26-29-53(46)61)57-58(60-50-23-11-10-22-49(50)59-57)63-55-34-39-17-7-5-15-37(39)31-48(55)45-28-27-42(35-56(45)63)62-52-25-13-9-21-44(52)47-30-36-14-4-6-16-38(36)33-54(47)62/h1-35H. The molecule has 4 aromatic heterocycles. The van der Waals surface area contributed by atoms with Crippen molar-refractivity contribution in [2.45, 2.75) is 0 Å². The molecule has 10 aromatic carbocycles. The largest absolute Gasteiger partial charge is 0.309 e. The minimum absolute atomic E-state index is 0.792. The molecule has 0 saturated carbocycles. The second-order valence-electron chi connectivity index (χ2n) is 16.6. The molecule has 0 aliphatic heterocycles. The van der Waals surface area contributed by atoms with E-state index >= 15 is 0 Å². The Kier molecular flexibility index (Phi) is 7.05. The van der Waals surface area contributed by atoms with Gasteiger partial charge >= 0.3 is 0 Å². The summed E-state index contributed by atoms with van der Waals surface area (Å²) in [5.74, 6) is 0.792. The monoisotopic (exact) mass is 801 g/mol. The van der Waals surface area contributed by atoms with Gasteiger partial charge in [0, 0.05) is 49.3 Å². The zero-order chi connectivity index (χ0) is 41.2. The third-order valence-electron chi connectivity index (χ3n) is 13.1. The van der Waals surface area contributed by atoms with Gasteiger partial charge in [0.25, 0.3) is 0 Å². The lowest BCUT2D eigenvalue weighted by atomic mass is 10.1. The van der Waals surface area contributed by atoms with Gasteiger partial charge in [0.15, 0.2) is 5.82 Å². The van der Waals surface area contributed by atoms with E-state index in [-0.39, 0.29) is 0 Å². The molecule has 0 spiro atoms. The Morgan fingerprint density at radius 1 is 0.270 bits per heavy atom. The lowest BCUT2D eigenvalue weighted by Crippen LogP contribution is -2.04. The van der Waals surface area contributed by atoms with Crippen molar-refractivity contribution in [3.63, 3.8) is 0 Å². The molecule has 14 aromatic rings. The van der Waals surface area contributed by atoms with Crippen molar-refractivity contribution in [3.8, 4) is 28.5 Å². The first-order chi connectivity index (χ1) is 31.2. The van der Waals surface area contributed by atoms with Gasteiger partial charge in [-0.25, -0.2) is 9.97 Å². The molecule has 292 valence electrons. The first-order valence-electron chi connectivity index (χ1n) is 21.5. The van der Waals surface area contributed by atoms with Crippen molar-refractivity contribution < 1.29 is 0 Å². The molecule has 0 atom stereocenters. The fourth-order valence-electron chi connectivity index (χ4n) is 10.3. The zero-order valence-electron chi connectivity index (χ0n) is 33.9. The van der Waals surface area contributed by atoms with Crippen molar-refractivity contribution in [1.82, 2.24) is 23.7 Å². The Balaban J connectivity index is 1.09. The summed E-state index contributed by atoms with van der Waals surface area (Å²) in [4.78, 5) is 11.1. The molecule has 4 heterocycles. The Morgan fingerprint density at radius 2 is 0.746 bits per heavy atom. The van der Waals surface area contributed by atoms with Gasteiger partial charge in [-0.15, -0.1) is 0 Å². The molecule has 0 amide bonds. The van der Waals surface area contributed by atoms with Crippen LogP contribution in [-0.4, -0.2) is 23.7 Å². The van der Waals surface area contributed by atoms with Gasteiger partial charge < -0.3 is 9.13 Å². The second kappa shape index (κ2) is 13.0. The molecule has 0 N–H and O–H groups in total. The van der Waals surface area contributed by atoms with Crippen molar-refractivity contribution in [2.75, 3.05) is 0 Å². The molecule has 0 radical (unpaired) electrons. The molecule has 0 fully saturated rings. The number of para-hydroxylation sites is 5. The smallest absolute Gasteiger partial charge is 0.165 e. The van der Waals surface area contributed by atoms with Crippen molar-refractivity contribution in [2.24, 2.45) is 0 Å². The molecule has 0 aliphatic carbocycles. The average Bonchev–Trinajstić information content (AvgIpc) is 3.96. The molecular formula is C58H35N5. The zero-order valence-corrected chi connectivity index (χ0v) is 33.9. The minimum Gasteiger partial charge on any atom is -0.309 e. The van der Waals surface area contributed by atoms with Gasteiger partial charge in [-0.2, -0.15) is 0 Å². The molecule has 0 bridgehead atoms. The molecule has 0 unspecified atom stereocenters. The summed E-state index contributed by atoms with van der Waals surface area (Å²) < 4.78 is 7.16. The molecule has 14 rings (SSSR count). The summed E-state index contributed by atoms with van der Waals surface area (Å²) in [6.07, 6.45) is 0. The van der Waals surface area contributed by atoms with Gasteiger partial charge in [0.1, 0.15) is 5.69 Å². The first-order valence-corrected chi connectivity index (χ1v) is 21.5. The molecular weight excluding hydrogens is 767 g/mol. The van der Waals surface area contributed by atoms with Crippen LogP contribution in [0.2, 0.25) is 0 Å². The van der Waals surface area contributed by atoms with Gasteiger partial charge in [-0.05, 0) is 106 Å². The maximum atomic E-state index is 5.58. The van der Waals surface area contributed by atoms with E-state index in [2.05, 4.69) is 220 Å². The van der Waals surface area contributed by atoms with Crippen LogP contribution in [0.25, 0.3) is 126 Å². The number of benzene rings is 10. The summed E-state index contributed by atoms with van der Waals surface area (Å²) in [5.41, 5.74) is 12.6. The summed E-state index contributed by atoms with van der Waals surface area (Å²) >= 11 is 0. The van der Waals surface area contributed by atoms with Crippen LogP contribution < -0.4 is 0 Å². The Labute approximate surface area is 360 Å². The minimum atomic E-state index is 0.792. The summed E-state index contributed by atoms with van der Waals surface area (Å²) in [7, 11) is 0. The highest BCUT2D eigenvalue weighted by molar-refractivity contribution is 6.17. The third kappa shape index (κ3) is 4.99. The van der Waals surface area contributed by atoms with Crippen LogP contribution in [0, 0.1) is 0 Å². The highest BCUT2D eigenvalue weighted by Gasteiger charge is 2.23. The van der Waals surface area contributed by atoms with Crippen LogP contribution in [-0.2, 0) is 0 Å². The number of aromatic nitrogens is 5. The lowest BCUT2D eigenvalue weighted by molar-refractivity contribution is 1.08. The van der Waals surface area contributed by atoms with E-state index in [1.165, 1.54) is 65.0 Å². The van der Waals surface area contributed by atoms with Gasteiger partial charge in [-0.3, -0.25) is 4.57 Å². The maximum absolute atomic E-state index is 5.58. The fraction of sp³-hybridized carbons (Fsp3) is 0. The van der Waals surface area contributed by atoms with Crippen LogP contribution in [0.3, 0.4) is 0 Å².